The summed E-state index contributed by atoms with van der Waals surface area (Å²) >= 11 is 0. The molecule has 1 N–H and O–H groups in total. The van der Waals surface area contributed by atoms with E-state index in [4.69, 9.17) is 4.74 Å². The maximum absolute atomic E-state index is 13.2. The molecule has 2 amide bonds. The molecule has 0 unspecified atom stereocenters. The molecular weight excluding hydrogens is 382 g/mol. The van der Waals surface area contributed by atoms with Crippen molar-refractivity contribution in [2.24, 2.45) is 5.92 Å². The Morgan fingerprint density at radius 3 is 3.00 bits per heavy atom. The summed E-state index contributed by atoms with van der Waals surface area (Å²) in [5.41, 5.74) is 3.35. The second kappa shape index (κ2) is 8.02. The van der Waals surface area contributed by atoms with Gasteiger partial charge >= 0.3 is 0 Å². The molecule has 0 aliphatic carbocycles. The Bertz CT molecular complexity index is 973. The highest BCUT2D eigenvalue weighted by atomic mass is 16.5. The van der Waals surface area contributed by atoms with Gasteiger partial charge in [0.15, 0.2) is 0 Å². The molecule has 3 aliphatic heterocycles. The molecule has 0 spiro atoms. The second-order valence-corrected chi connectivity index (χ2v) is 8.09. The average Bonchev–Trinajstić information content (AvgIpc) is 2.80. The molecule has 0 aromatic carbocycles. The fourth-order valence-corrected chi connectivity index (χ4v) is 4.41. The molecule has 0 bridgehead atoms. The van der Waals surface area contributed by atoms with Gasteiger partial charge in [0, 0.05) is 57.4 Å². The second-order valence-electron chi connectivity index (χ2n) is 8.09. The van der Waals surface area contributed by atoms with Crippen molar-refractivity contribution in [3.63, 3.8) is 0 Å². The number of carbonyl (C=O) groups is 2. The molecule has 1 saturated heterocycles. The van der Waals surface area contributed by atoms with Crippen molar-refractivity contribution in [1.29, 1.82) is 0 Å². The Hall–Kier alpha value is -3.00. The summed E-state index contributed by atoms with van der Waals surface area (Å²) in [6.45, 7) is 3.51. The quantitative estimate of drug-likeness (QED) is 0.836. The van der Waals surface area contributed by atoms with Crippen LogP contribution in [-0.2, 0) is 22.5 Å². The summed E-state index contributed by atoms with van der Waals surface area (Å²) < 4.78 is 5.45. The van der Waals surface area contributed by atoms with Gasteiger partial charge in [-0.2, -0.15) is 0 Å². The minimum absolute atomic E-state index is 0.0124. The third kappa shape index (κ3) is 3.63. The van der Waals surface area contributed by atoms with E-state index in [2.05, 4.69) is 15.3 Å². The Morgan fingerprint density at radius 2 is 2.13 bits per heavy atom. The van der Waals surface area contributed by atoms with Crippen LogP contribution in [0.25, 0.3) is 0 Å². The van der Waals surface area contributed by atoms with Crippen molar-refractivity contribution < 1.29 is 14.3 Å². The van der Waals surface area contributed by atoms with E-state index in [9.17, 15) is 9.59 Å². The first-order valence-electron chi connectivity index (χ1n) is 10.5. The van der Waals surface area contributed by atoms with E-state index in [0.29, 0.717) is 42.6 Å². The Kier molecular flexibility index (Phi) is 5.08. The van der Waals surface area contributed by atoms with Gasteiger partial charge in [0.25, 0.3) is 5.91 Å². The molecule has 2 aromatic rings. The summed E-state index contributed by atoms with van der Waals surface area (Å²) in [4.78, 5) is 38.3. The number of carbonyl (C=O) groups excluding carboxylic acids is 2. The Morgan fingerprint density at radius 1 is 1.27 bits per heavy atom. The van der Waals surface area contributed by atoms with Crippen LogP contribution in [-0.4, -0.2) is 59.5 Å². The number of aromatic nitrogens is 2. The van der Waals surface area contributed by atoms with Crippen molar-refractivity contribution >= 4 is 23.3 Å². The van der Waals surface area contributed by atoms with Crippen LogP contribution >= 0.6 is 0 Å². The van der Waals surface area contributed by atoms with Gasteiger partial charge in [0.05, 0.1) is 17.8 Å². The monoisotopic (exact) mass is 407 g/mol. The van der Waals surface area contributed by atoms with E-state index >= 15 is 0 Å². The molecule has 3 aliphatic rings. The van der Waals surface area contributed by atoms with Gasteiger partial charge in [-0.05, 0) is 36.5 Å². The predicted molar refractivity (Wildman–Crippen MR) is 111 cm³/mol. The summed E-state index contributed by atoms with van der Waals surface area (Å²) in [5.74, 6) is 1.01. The number of fused-ring (bicyclic) bond motifs is 2. The smallest absolute Gasteiger partial charge is 0.255 e. The summed E-state index contributed by atoms with van der Waals surface area (Å²) in [5, 5.41) is 3.08. The van der Waals surface area contributed by atoms with Gasteiger partial charge < -0.3 is 19.9 Å². The maximum Gasteiger partial charge on any atom is 0.255 e. The van der Waals surface area contributed by atoms with Gasteiger partial charge in [-0.25, -0.2) is 4.98 Å². The third-order valence-electron chi connectivity index (χ3n) is 6.15. The van der Waals surface area contributed by atoms with Crippen molar-refractivity contribution in [2.45, 2.75) is 25.8 Å². The average molecular weight is 407 g/mol. The lowest BCUT2D eigenvalue weighted by atomic mass is 9.99. The zero-order chi connectivity index (χ0) is 20.5. The minimum Gasteiger partial charge on any atom is -0.381 e. The van der Waals surface area contributed by atoms with E-state index < -0.39 is 0 Å². The van der Waals surface area contributed by atoms with Crippen LogP contribution < -0.4 is 10.2 Å². The molecule has 2 aromatic heterocycles. The molecule has 5 heterocycles. The first kappa shape index (κ1) is 19.0. The van der Waals surface area contributed by atoms with E-state index in [1.165, 1.54) is 0 Å². The van der Waals surface area contributed by atoms with Gasteiger partial charge in [0.2, 0.25) is 5.91 Å². The number of hydrogen-bond donors (Lipinski definition) is 1. The molecule has 5 rings (SSSR count). The van der Waals surface area contributed by atoms with Gasteiger partial charge in [-0.15, -0.1) is 0 Å². The van der Waals surface area contributed by atoms with Gasteiger partial charge in [-0.1, -0.05) is 6.07 Å². The molecule has 1 fully saturated rings. The molecular formula is C22H25N5O3. The minimum atomic E-state index is -0.0659. The van der Waals surface area contributed by atoms with Crippen molar-refractivity contribution in [3.05, 3.63) is 47.4 Å². The molecule has 8 nitrogen and oxygen atoms in total. The highest BCUT2D eigenvalue weighted by Crippen LogP contribution is 2.31. The van der Waals surface area contributed by atoms with Gasteiger partial charge in [-0.3, -0.25) is 14.6 Å². The largest absolute Gasteiger partial charge is 0.381 e. The van der Waals surface area contributed by atoms with Crippen molar-refractivity contribution in [3.8, 4) is 0 Å². The van der Waals surface area contributed by atoms with Crippen molar-refractivity contribution in [1.82, 2.24) is 14.9 Å². The zero-order valence-electron chi connectivity index (χ0n) is 16.8. The highest BCUT2D eigenvalue weighted by molar-refractivity contribution is 6.04. The predicted octanol–water partition coefficient (Wildman–Crippen LogP) is 1.86. The van der Waals surface area contributed by atoms with Crippen LogP contribution in [0.4, 0.5) is 11.5 Å². The lowest BCUT2D eigenvalue weighted by Gasteiger charge is -2.34. The topological polar surface area (TPSA) is 87.7 Å². The van der Waals surface area contributed by atoms with Crippen LogP contribution in [0.3, 0.4) is 0 Å². The molecule has 156 valence electrons. The molecule has 30 heavy (non-hydrogen) atoms. The highest BCUT2D eigenvalue weighted by Gasteiger charge is 2.30. The van der Waals surface area contributed by atoms with E-state index in [1.54, 1.807) is 17.3 Å². The van der Waals surface area contributed by atoms with Crippen LogP contribution in [0.15, 0.2) is 30.6 Å². The summed E-state index contributed by atoms with van der Waals surface area (Å²) in [6, 6.07) is 5.73. The fraction of sp³-hybridized carbons (Fsp3) is 0.455. The maximum atomic E-state index is 13.2. The number of pyridine rings is 2. The number of amides is 2. The standard InChI is InChI=1S/C22H25N5O3/c28-20-12-25-21-19(27(20)13-15-4-8-30-9-5-15)10-17(11-24-21)22(29)26-7-3-18-16(14-26)2-1-6-23-18/h1-2,6,10-11,15H,3-5,7-9,12-14H2,(H,24,25). The van der Waals surface area contributed by atoms with Crippen LogP contribution in [0.1, 0.15) is 34.5 Å². The molecule has 8 heteroatoms. The van der Waals surface area contributed by atoms with Crippen LogP contribution in [0, 0.1) is 5.92 Å². The Balaban J connectivity index is 1.38. The zero-order valence-corrected chi connectivity index (χ0v) is 16.8. The number of ether oxygens (including phenoxy) is 1. The summed E-state index contributed by atoms with van der Waals surface area (Å²) in [7, 11) is 0. The SMILES string of the molecule is O=C(c1cnc2c(c1)N(CC1CCOCC1)C(=O)CN2)N1CCc2ncccc2C1. The first-order chi connectivity index (χ1) is 14.7. The molecule has 0 saturated carbocycles. The van der Waals surface area contributed by atoms with E-state index in [-0.39, 0.29) is 18.4 Å². The third-order valence-corrected chi connectivity index (χ3v) is 6.15. The lowest BCUT2D eigenvalue weighted by Crippen LogP contribution is -2.44. The molecule has 0 radical (unpaired) electrons. The first-order valence-corrected chi connectivity index (χ1v) is 10.5. The number of hydrogen-bond acceptors (Lipinski definition) is 6. The van der Waals surface area contributed by atoms with Crippen LogP contribution in [0.2, 0.25) is 0 Å². The van der Waals surface area contributed by atoms with Crippen molar-refractivity contribution in [2.75, 3.05) is 43.1 Å². The fourth-order valence-electron chi connectivity index (χ4n) is 4.41. The Labute approximate surface area is 175 Å². The lowest BCUT2D eigenvalue weighted by molar-refractivity contribution is -0.117. The summed E-state index contributed by atoms with van der Waals surface area (Å²) in [6.07, 6.45) is 6.03. The molecule has 0 atom stereocenters. The van der Waals surface area contributed by atoms with E-state index in [1.807, 2.05) is 23.1 Å². The van der Waals surface area contributed by atoms with Crippen LogP contribution in [0.5, 0.6) is 0 Å². The number of nitrogens with zero attached hydrogens (tertiary/aromatic N) is 4. The van der Waals surface area contributed by atoms with E-state index in [0.717, 1.165) is 43.7 Å². The number of nitrogens with one attached hydrogen (secondary N) is 1. The van der Waals surface area contributed by atoms with Gasteiger partial charge in [0.1, 0.15) is 5.82 Å². The normalized spacial score (nSPS) is 19.1. The number of anilines is 2. The number of rotatable bonds is 3.